The number of hydrogen-bond acceptors (Lipinski definition) is 7. The smallest absolute Gasteiger partial charge is 0.145 e. The van der Waals surface area contributed by atoms with Crippen molar-refractivity contribution in [1.29, 1.82) is 10.5 Å². The highest BCUT2D eigenvalue weighted by molar-refractivity contribution is 7.98. The van der Waals surface area contributed by atoms with Gasteiger partial charge in [-0.2, -0.15) is 10.5 Å². The lowest BCUT2D eigenvalue weighted by atomic mass is 9.97. The van der Waals surface area contributed by atoms with Gasteiger partial charge in [-0.3, -0.25) is 0 Å². The Morgan fingerprint density at radius 2 is 1.88 bits per heavy atom. The lowest BCUT2D eigenvalue weighted by molar-refractivity contribution is -0.0796. The molecule has 5 rings (SSSR count). The SMILES string of the molecule is N#Cc1c(N)nc(SCc2cccc3[nH]ccc23)c(C#N)c1-c1ccc(OC2COC2)cc1. The Morgan fingerprint density at radius 1 is 1.09 bits per heavy atom. The number of fused-ring (bicyclic) bond motifs is 1. The van der Waals surface area contributed by atoms with Crippen molar-refractivity contribution >= 4 is 28.5 Å². The fourth-order valence-corrected chi connectivity index (χ4v) is 4.79. The normalized spacial score (nSPS) is 13.3. The molecule has 0 radical (unpaired) electrons. The fourth-order valence-electron chi connectivity index (χ4n) is 3.79. The topological polar surface area (TPSA) is 121 Å². The number of pyridine rings is 1. The molecule has 2 aromatic heterocycles. The largest absolute Gasteiger partial charge is 0.486 e. The standard InChI is InChI=1S/C25H19N5O2S/c26-10-20-23(15-4-6-17(7-5-15)32-18-12-31-13-18)21(11-27)25(30-24(20)28)33-14-16-2-1-3-22-19(16)8-9-29-22/h1-9,18,29H,12-14H2,(H2,28,30). The van der Waals surface area contributed by atoms with Gasteiger partial charge >= 0.3 is 0 Å². The monoisotopic (exact) mass is 453 g/mol. The molecule has 1 aliphatic rings. The van der Waals surface area contributed by atoms with Crippen LogP contribution < -0.4 is 10.5 Å². The summed E-state index contributed by atoms with van der Waals surface area (Å²) in [5.41, 5.74) is 10.1. The second-order valence-corrected chi connectivity index (χ2v) is 8.56. The van der Waals surface area contributed by atoms with E-state index in [4.69, 9.17) is 15.2 Å². The van der Waals surface area contributed by atoms with Crippen LogP contribution in [0.5, 0.6) is 5.75 Å². The van der Waals surface area contributed by atoms with Crippen LogP contribution in [0.3, 0.4) is 0 Å². The van der Waals surface area contributed by atoms with Crippen molar-refractivity contribution in [2.75, 3.05) is 18.9 Å². The van der Waals surface area contributed by atoms with Crippen LogP contribution in [0.4, 0.5) is 5.82 Å². The number of ether oxygens (including phenoxy) is 2. The van der Waals surface area contributed by atoms with Crippen molar-refractivity contribution in [3.63, 3.8) is 0 Å². The van der Waals surface area contributed by atoms with Crippen LogP contribution >= 0.6 is 11.8 Å². The van der Waals surface area contributed by atoms with Gasteiger partial charge in [-0.1, -0.05) is 24.3 Å². The number of thioether (sulfide) groups is 1. The summed E-state index contributed by atoms with van der Waals surface area (Å²) in [6.07, 6.45) is 1.96. The number of nitrogens with one attached hydrogen (secondary N) is 1. The van der Waals surface area contributed by atoms with Crippen LogP contribution in [0, 0.1) is 22.7 Å². The number of benzene rings is 2. The molecular formula is C25H19N5O2S. The summed E-state index contributed by atoms with van der Waals surface area (Å²) in [6, 6.07) is 19.8. The third kappa shape index (κ3) is 3.98. The number of nitrogen functional groups attached to an aromatic ring is 1. The zero-order chi connectivity index (χ0) is 22.8. The molecule has 0 atom stereocenters. The first kappa shape index (κ1) is 20.9. The van der Waals surface area contributed by atoms with Crippen molar-refractivity contribution in [3.8, 4) is 29.0 Å². The Balaban J connectivity index is 1.50. The minimum absolute atomic E-state index is 0.0595. The van der Waals surface area contributed by atoms with Crippen LogP contribution in [0.1, 0.15) is 16.7 Å². The van der Waals surface area contributed by atoms with Gasteiger partial charge in [0.05, 0.1) is 18.8 Å². The van der Waals surface area contributed by atoms with Crippen LogP contribution in [0.15, 0.2) is 59.8 Å². The summed E-state index contributed by atoms with van der Waals surface area (Å²) in [4.78, 5) is 7.62. The quantitative estimate of drug-likeness (QED) is 0.408. The van der Waals surface area contributed by atoms with Gasteiger partial charge in [0.25, 0.3) is 0 Å². The van der Waals surface area contributed by atoms with Crippen molar-refractivity contribution < 1.29 is 9.47 Å². The van der Waals surface area contributed by atoms with E-state index in [1.807, 2.05) is 48.7 Å². The van der Waals surface area contributed by atoms with Crippen molar-refractivity contribution in [2.45, 2.75) is 16.9 Å². The predicted octanol–water partition coefficient (Wildman–Crippen LogP) is 4.63. The highest BCUT2D eigenvalue weighted by Gasteiger charge is 2.22. The Hall–Kier alpha value is -3.98. The molecule has 0 saturated carbocycles. The van der Waals surface area contributed by atoms with Crippen LogP contribution in [-0.4, -0.2) is 29.3 Å². The highest BCUT2D eigenvalue weighted by atomic mass is 32.2. The summed E-state index contributed by atoms with van der Waals surface area (Å²) >= 11 is 1.43. The van der Waals surface area contributed by atoms with Gasteiger partial charge in [-0.15, -0.1) is 11.8 Å². The number of nitrogens with two attached hydrogens (primary N) is 1. The molecule has 162 valence electrons. The number of nitrogens with zero attached hydrogens (tertiary/aromatic N) is 3. The summed E-state index contributed by atoms with van der Waals surface area (Å²) in [5, 5.41) is 21.4. The number of nitriles is 2. The molecule has 3 heterocycles. The van der Waals surface area contributed by atoms with E-state index in [0.29, 0.717) is 46.4 Å². The summed E-state index contributed by atoms with van der Waals surface area (Å²) in [5.74, 6) is 1.43. The first-order valence-electron chi connectivity index (χ1n) is 10.3. The highest BCUT2D eigenvalue weighted by Crippen LogP contribution is 2.37. The first-order chi connectivity index (χ1) is 16.2. The molecule has 0 aliphatic carbocycles. The van der Waals surface area contributed by atoms with E-state index in [1.165, 1.54) is 11.8 Å². The van der Waals surface area contributed by atoms with Crippen molar-refractivity contribution in [2.24, 2.45) is 0 Å². The van der Waals surface area contributed by atoms with Crippen LogP contribution in [-0.2, 0) is 10.5 Å². The molecule has 1 aliphatic heterocycles. The molecule has 0 amide bonds. The van der Waals surface area contributed by atoms with Gasteiger partial charge in [0.2, 0.25) is 0 Å². The maximum Gasteiger partial charge on any atom is 0.145 e. The average Bonchev–Trinajstić information content (AvgIpc) is 3.29. The van der Waals surface area contributed by atoms with Gasteiger partial charge in [-0.05, 0) is 35.4 Å². The Labute approximate surface area is 194 Å². The van der Waals surface area contributed by atoms with Crippen molar-refractivity contribution in [1.82, 2.24) is 9.97 Å². The average molecular weight is 454 g/mol. The molecule has 1 fully saturated rings. The molecule has 0 spiro atoms. The Morgan fingerprint density at radius 3 is 2.58 bits per heavy atom. The molecule has 7 nitrogen and oxygen atoms in total. The minimum Gasteiger partial charge on any atom is -0.486 e. The number of anilines is 1. The third-order valence-corrected chi connectivity index (χ3v) is 6.54. The maximum atomic E-state index is 10.0. The summed E-state index contributed by atoms with van der Waals surface area (Å²) in [7, 11) is 0. The summed E-state index contributed by atoms with van der Waals surface area (Å²) < 4.78 is 11.0. The third-order valence-electron chi connectivity index (χ3n) is 5.52. The summed E-state index contributed by atoms with van der Waals surface area (Å²) in [6.45, 7) is 1.16. The van der Waals surface area contributed by atoms with Gasteiger partial charge in [0.1, 0.15) is 40.4 Å². The zero-order valence-electron chi connectivity index (χ0n) is 17.5. The van der Waals surface area contributed by atoms with E-state index < -0.39 is 0 Å². The number of aromatic amines is 1. The van der Waals surface area contributed by atoms with Gasteiger partial charge in [-0.25, -0.2) is 4.98 Å². The van der Waals surface area contributed by atoms with Gasteiger partial charge < -0.3 is 20.2 Å². The number of hydrogen-bond donors (Lipinski definition) is 2. The molecule has 33 heavy (non-hydrogen) atoms. The molecule has 2 aromatic carbocycles. The molecule has 1 saturated heterocycles. The van der Waals surface area contributed by atoms with Crippen LogP contribution in [0.2, 0.25) is 0 Å². The lowest BCUT2D eigenvalue weighted by Gasteiger charge is -2.26. The fraction of sp³-hybridized carbons (Fsp3) is 0.160. The molecule has 8 heteroatoms. The van der Waals surface area contributed by atoms with E-state index in [2.05, 4.69) is 28.2 Å². The maximum absolute atomic E-state index is 10.0. The minimum atomic E-state index is 0.0595. The molecule has 0 unspecified atom stereocenters. The number of aromatic nitrogens is 2. The van der Waals surface area contributed by atoms with Crippen molar-refractivity contribution in [3.05, 3.63) is 71.4 Å². The lowest BCUT2D eigenvalue weighted by Crippen LogP contribution is -2.38. The number of rotatable bonds is 6. The molecular weight excluding hydrogens is 434 g/mol. The number of H-pyrrole nitrogens is 1. The molecule has 0 bridgehead atoms. The van der Waals surface area contributed by atoms with E-state index in [1.54, 1.807) is 0 Å². The molecule has 4 aromatic rings. The second-order valence-electron chi connectivity index (χ2n) is 7.60. The van der Waals surface area contributed by atoms with E-state index in [0.717, 1.165) is 16.5 Å². The van der Waals surface area contributed by atoms with E-state index in [9.17, 15) is 10.5 Å². The van der Waals surface area contributed by atoms with E-state index >= 15 is 0 Å². The first-order valence-corrected chi connectivity index (χ1v) is 11.3. The Kier molecular flexibility index (Phi) is 5.62. The zero-order valence-corrected chi connectivity index (χ0v) is 18.4. The van der Waals surface area contributed by atoms with E-state index in [-0.39, 0.29) is 17.5 Å². The van der Waals surface area contributed by atoms with Gasteiger partial charge in [0.15, 0.2) is 0 Å². The predicted molar refractivity (Wildman–Crippen MR) is 127 cm³/mol. The Bertz CT molecular complexity index is 1410. The second kappa shape index (κ2) is 8.87. The van der Waals surface area contributed by atoms with Crippen LogP contribution in [0.25, 0.3) is 22.0 Å². The molecule has 3 N–H and O–H groups in total. The van der Waals surface area contributed by atoms with Gasteiger partial charge in [0, 0.05) is 28.4 Å².